The van der Waals surface area contributed by atoms with Crippen LogP contribution in [0.2, 0.25) is 0 Å². The maximum atomic E-state index is 12.2. The number of nitrogens with zero attached hydrogens (tertiary/aromatic N) is 5. The van der Waals surface area contributed by atoms with Crippen LogP contribution in [0.5, 0.6) is 5.75 Å². The molecule has 54 heavy (non-hydrogen) atoms. The molecule has 6 rings (SSSR count). The lowest BCUT2D eigenvalue weighted by atomic mass is 10.1. The molecule has 1 saturated heterocycles. The van der Waals surface area contributed by atoms with E-state index in [4.69, 9.17) is 22.6 Å². The van der Waals surface area contributed by atoms with Crippen LogP contribution >= 0.6 is 15.9 Å². The molecule has 1 aliphatic heterocycles. The predicted octanol–water partition coefficient (Wildman–Crippen LogP) is 7.82. The highest BCUT2D eigenvalue weighted by atomic mass is 79.9. The molecule has 274 valence electrons. The third-order valence-corrected chi connectivity index (χ3v) is 8.57. The van der Waals surface area contributed by atoms with Gasteiger partial charge in [-0.1, -0.05) is 24.3 Å². The first-order chi connectivity index (χ1) is 26.3. The molecular weight excluding hydrogens is 752 g/mol. The van der Waals surface area contributed by atoms with Gasteiger partial charge in [-0.3, -0.25) is 19.6 Å². The lowest BCUT2D eigenvalue weighted by molar-refractivity contribution is 0.0956. The van der Waals surface area contributed by atoms with Gasteiger partial charge in [0.25, 0.3) is 11.8 Å². The van der Waals surface area contributed by atoms with E-state index in [1.165, 1.54) is 12.4 Å². The summed E-state index contributed by atoms with van der Waals surface area (Å²) in [4.78, 5) is 41.7. The van der Waals surface area contributed by atoms with Crippen LogP contribution in [0.25, 0.3) is 9.69 Å². The van der Waals surface area contributed by atoms with Crippen molar-refractivity contribution in [2.75, 3.05) is 68.4 Å². The Morgan fingerprint density at radius 3 is 1.85 bits per heavy atom. The summed E-state index contributed by atoms with van der Waals surface area (Å²) in [5.74, 6) is 0.805. The number of benzene rings is 3. The van der Waals surface area contributed by atoms with Gasteiger partial charge in [0.15, 0.2) is 0 Å². The number of ether oxygens (including phenoxy) is 2. The van der Waals surface area contributed by atoms with E-state index in [9.17, 15) is 9.59 Å². The zero-order chi connectivity index (χ0) is 38.5. The number of para-hydroxylation sites is 2. The maximum Gasteiger partial charge on any atom is 0.253 e. The number of halogens is 1. The molecule has 3 aromatic carbocycles. The van der Waals surface area contributed by atoms with Gasteiger partial charge in [-0.2, -0.15) is 0 Å². The molecule has 1 aliphatic rings. The number of amides is 2. The van der Waals surface area contributed by atoms with Crippen molar-refractivity contribution < 1.29 is 19.1 Å². The number of carbonyl (C=O) groups is 2. The van der Waals surface area contributed by atoms with E-state index in [2.05, 4.69) is 67.1 Å². The van der Waals surface area contributed by atoms with Crippen molar-refractivity contribution in [1.29, 1.82) is 0 Å². The zero-order valence-corrected chi connectivity index (χ0v) is 31.3. The number of anilines is 7. The molecule has 0 atom stereocenters. The van der Waals surface area contributed by atoms with Gasteiger partial charge in [-0.05, 0) is 64.5 Å². The van der Waals surface area contributed by atoms with Crippen molar-refractivity contribution in [1.82, 2.24) is 20.6 Å². The van der Waals surface area contributed by atoms with Crippen molar-refractivity contribution in [2.45, 2.75) is 0 Å². The molecule has 0 spiro atoms. The first-order valence-electron chi connectivity index (χ1n) is 16.6. The lowest BCUT2D eigenvalue weighted by Gasteiger charge is -2.29. The minimum absolute atomic E-state index is 0.189. The molecule has 0 saturated carbocycles. The first-order valence-corrected chi connectivity index (χ1v) is 17.4. The number of morpholine rings is 1. The summed E-state index contributed by atoms with van der Waals surface area (Å²) in [5, 5.41) is 14.8. The molecule has 3 heterocycles. The standard InChI is InChI=1S/C25H26N6O3.C14H11BrN4O/c1-26-22-16-28-24(15-21(22)29-19-7-5-4-6-18(19)25(32)27-2)30-20-9-8-17(14-23(20)33-3)31-10-12-34-13-11-31;1-16-12-8-18-13(15)7-11(12)19-10-6-4-3-5-9(10)14(20)17-2/h4-9,14-16H,10-13H2,2-3H3,(H,27,32)(H2,28,29,30);3-8H,2H3,(H,17,20)(H,18,19). The van der Waals surface area contributed by atoms with Gasteiger partial charge in [0.05, 0.1) is 61.7 Å². The summed E-state index contributed by atoms with van der Waals surface area (Å²) in [7, 11) is 4.78. The number of carbonyl (C=O) groups excluding carboxylic acids is 2. The number of methoxy groups -OCH3 is 1. The Hall–Kier alpha value is -6.68. The topological polar surface area (TPSA) is 150 Å². The molecule has 5 N–H and O–H groups in total. The Morgan fingerprint density at radius 1 is 0.741 bits per heavy atom. The van der Waals surface area contributed by atoms with E-state index >= 15 is 0 Å². The Morgan fingerprint density at radius 2 is 1.30 bits per heavy atom. The molecule has 0 unspecified atom stereocenters. The molecule has 0 bridgehead atoms. The number of nitrogens with one attached hydrogen (secondary N) is 5. The minimum atomic E-state index is -0.218. The second-order valence-corrected chi connectivity index (χ2v) is 12.3. The third-order valence-electron chi connectivity index (χ3n) is 8.13. The summed E-state index contributed by atoms with van der Waals surface area (Å²) in [5.41, 5.74) is 5.89. The number of rotatable bonds is 10. The summed E-state index contributed by atoms with van der Waals surface area (Å²) in [6, 6.07) is 23.6. The number of hydrogen-bond acceptors (Lipinski definition) is 10. The van der Waals surface area contributed by atoms with Gasteiger partial charge < -0.3 is 41.0 Å². The van der Waals surface area contributed by atoms with Gasteiger partial charge in [-0.15, -0.1) is 0 Å². The molecule has 14 nitrogen and oxygen atoms in total. The summed E-state index contributed by atoms with van der Waals surface area (Å²) in [6.45, 7) is 17.7. The van der Waals surface area contributed by atoms with Crippen molar-refractivity contribution in [3.05, 3.63) is 130 Å². The number of hydrogen-bond donors (Lipinski definition) is 5. The monoisotopic (exact) mass is 788 g/mol. The first kappa shape index (κ1) is 38.5. The van der Waals surface area contributed by atoms with Crippen molar-refractivity contribution in [3.8, 4) is 5.75 Å². The van der Waals surface area contributed by atoms with Gasteiger partial charge in [0.2, 0.25) is 11.4 Å². The Balaban J connectivity index is 0.000000239. The SMILES string of the molecule is [C-]#[N+]c1cnc(Br)cc1Nc1ccccc1C(=O)NC.[C-]#[N+]c1cnc(Nc2ccc(N3CCOCC3)cc2OC)cc1Nc1ccccc1C(=O)NC. The van der Waals surface area contributed by atoms with E-state index in [0.29, 0.717) is 74.6 Å². The molecular formula is C39H37BrN10O4. The number of pyridine rings is 2. The molecule has 0 radical (unpaired) electrons. The fraction of sp³-hybridized carbons (Fsp3) is 0.179. The summed E-state index contributed by atoms with van der Waals surface area (Å²) < 4.78 is 11.7. The molecule has 2 amide bonds. The molecule has 2 aromatic heterocycles. The van der Waals surface area contributed by atoms with Crippen LogP contribution in [0.4, 0.5) is 51.3 Å². The quantitative estimate of drug-likeness (QED) is 0.0700. The van der Waals surface area contributed by atoms with Crippen LogP contribution < -0.4 is 36.2 Å². The van der Waals surface area contributed by atoms with Crippen LogP contribution in [0.1, 0.15) is 20.7 Å². The van der Waals surface area contributed by atoms with E-state index < -0.39 is 0 Å². The van der Waals surface area contributed by atoms with E-state index in [-0.39, 0.29) is 11.8 Å². The van der Waals surface area contributed by atoms with E-state index in [0.717, 1.165) is 24.5 Å². The highest BCUT2D eigenvalue weighted by Crippen LogP contribution is 2.36. The van der Waals surface area contributed by atoms with Crippen LogP contribution in [-0.4, -0.2) is 69.3 Å². The van der Waals surface area contributed by atoms with Crippen molar-refractivity contribution in [3.63, 3.8) is 0 Å². The fourth-order valence-electron chi connectivity index (χ4n) is 5.40. The van der Waals surface area contributed by atoms with E-state index in [1.54, 1.807) is 69.7 Å². The Kier molecular flexibility index (Phi) is 13.4. The molecule has 1 fully saturated rings. The fourth-order valence-corrected chi connectivity index (χ4v) is 5.73. The molecule has 0 aliphatic carbocycles. The van der Waals surface area contributed by atoms with Crippen molar-refractivity contribution >= 4 is 79.1 Å². The highest BCUT2D eigenvalue weighted by molar-refractivity contribution is 9.10. The molecule has 15 heteroatoms. The Bertz CT molecular complexity index is 2210. The maximum absolute atomic E-state index is 12.2. The normalized spacial score (nSPS) is 11.8. The highest BCUT2D eigenvalue weighted by Gasteiger charge is 2.16. The van der Waals surface area contributed by atoms with Crippen LogP contribution in [0.15, 0.2) is 95.9 Å². The zero-order valence-electron chi connectivity index (χ0n) is 29.7. The van der Waals surface area contributed by atoms with Crippen LogP contribution in [0, 0.1) is 13.1 Å². The average Bonchev–Trinajstić information content (AvgIpc) is 3.21. The third kappa shape index (κ3) is 9.60. The Labute approximate surface area is 321 Å². The average molecular weight is 790 g/mol. The predicted molar refractivity (Wildman–Crippen MR) is 214 cm³/mol. The second kappa shape index (κ2) is 18.7. The minimum Gasteiger partial charge on any atom is -0.494 e. The van der Waals surface area contributed by atoms with Gasteiger partial charge >= 0.3 is 0 Å². The smallest absolute Gasteiger partial charge is 0.253 e. The second-order valence-electron chi connectivity index (χ2n) is 11.4. The van der Waals surface area contributed by atoms with Gasteiger partial charge in [-0.25, -0.2) is 9.69 Å². The lowest BCUT2D eigenvalue weighted by Crippen LogP contribution is -2.36. The van der Waals surface area contributed by atoms with Crippen LogP contribution in [0.3, 0.4) is 0 Å². The summed E-state index contributed by atoms with van der Waals surface area (Å²) >= 11 is 3.27. The van der Waals surface area contributed by atoms with E-state index in [1.807, 2.05) is 30.3 Å². The summed E-state index contributed by atoms with van der Waals surface area (Å²) in [6.07, 6.45) is 2.97. The molecule has 5 aromatic rings. The van der Waals surface area contributed by atoms with Crippen LogP contribution in [-0.2, 0) is 4.74 Å². The van der Waals surface area contributed by atoms with Gasteiger partial charge in [0.1, 0.15) is 16.2 Å². The number of aromatic nitrogens is 2. The largest absolute Gasteiger partial charge is 0.494 e. The van der Waals surface area contributed by atoms with Gasteiger partial charge in [0, 0.05) is 62.7 Å². The van der Waals surface area contributed by atoms with Crippen molar-refractivity contribution in [2.24, 2.45) is 0 Å².